The molecule has 0 saturated heterocycles. The Morgan fingerprint density at radius 1 is 0.833 bits per heavy atom. The summed E-state index contributed by atoms with van der Waals surface area (Å²) in [6.45, 7) is 4.25. The van der Waals surface area contributed by atoms with Crippen LogP contribution >= 0.6 is 0 Å². The van der Waals surface area contributed by atoms with Gasteiger partial charge in [0.2, 0.25) is 0 Å². The third-order valence-corrected chi connectivity index (χ3v) is 4.12. The molecule has 0 aliphatic rings. The van der Waals surface area contributed by atoms with E-state index in [2.05, 4.69) is 13.8 Å². The molecule has 0 heterocycles. The van der Waals surface area contributed by atoms with E-state index in [4.69, 9.17) is 9.84 Å². The van der Waals surface area contributed by atoms with Gasteiger partial charge < -0.3 is 14.9 Å². The average Bonchev–Trinajstić information content (AvgIpc) is 2.50. The molecule has 0 aromatic heterocycles. The average molecular weight is 344 g/mol. The first-order valence-corrected chi connectivity index (χ1v) is 9.58. The Labute approximate surface area is 146 Å². The van der Waals surface area contributed by atoms with Gasteiger partial charge in [0, 0.05) is 0 Å². The molecule has 2 atom stereocenters. The third kappa shape index (κ3) is 14.5. The number of ether oxygens (including phenoxy) is 1. The van der Waals surface area contributed by atoms with Crippen LogP contribution < -0.4 is 0 Å². The van der Waals surface area contributed by atoms with Gasteiger partial charge in [0.1, 0.15) is 6.10 Å². The van der Waals surface area contributed by atoms with Crippen LogP contribution in [-0.4, -0.2) is 34.4 Å². The standard InChI is InChI=1S/C19H36O5/c1-3-5-7-8-9-11-13-17(15-18(21)22)24-19(23)14-16(20)12-10-6-4-2/h16-17,20H,3-15H2,1-2H3,(H,21,22). The lowest BCUT2D eigenvalue weighted by molar-refractivity contribution is -0.155. The Bertz CT molecular complexity index is 330. The van der Waals surface area contributed by atoms with Crippen LogP contribution in [0.5, 0.6) is 0 Å². The second-order valence-electron chi connectivity index (χ2n) is 6.62. The number of carbonyl (C=O) groups excluding carboxylic acids is 1. The Hall–Kier alpha value is -1.10. The molecular formula is C19H36O5. The summed E-state index contributed by atoms with van der Waals surface area (Å²) in [6.07, 6.45) is 9.34. The molecule has 0 aromatic carbocycles. The maximum Gasteiger partial charge on any atom is 0.308 e. The Morgan fingerprint density at radius 3 is 2.00 bits per heavy atom. The first-order chi connectivity index (χ1) is 11.5. The number of unbranched alkanes of at least 4 members (excludes halogenated alkanes) is 7. The van der Waals surface area contributed by atoms with Gasteiger partial charge in [-0.3, -0.25) is 9.59 Å². The van der Waals surface area contributed by atoms with Gasteiger partial charge in [0.25, 0.3) is 0 Å². The molecule has 5 heteroatoms. The first-order valence-electron chi connectivity index (χ1n) is 9.58. The molecule has 0 fully saturated rings. The highest BCUT2D eigenvalue weighted by Crippen LogP contribution is 2.15. The molecule has 5 nitrogen and oxygen atoms in total. The number of carboxylic acids is 1. The van der Waals surface area contributed by atoms with Crippen LogP contribution in [0.3, 0.4) is 0 Å². The molecule has 0 amide bonds. The number of aliphatic hydroxyl groups is 1. The minimum atomic E-state index is -0.956. The van der Waals surface area contributed by atoms with Gasteiger partial charge in [-0.15, -0.1) is 0 Å². The number of hydrogen-bond donors (Lipinski definition) is 2. The van der Waals surface area contributed by atoms with E-state index in [1.807, 2.05) is 0 Å². The van der Waals surface area contributed by atoms with E-state index in [-0.39, 0.29) is 12.8 Å². The highest BCUT2D eigenvalue weighted by molar-refractivity contribution is 5.71. The number of hydrogen-bond acceptors (Lipinski definition) is 4. The number of aliphatic hydroxyl groups excluding tert-OH is 1. The van der Waals surface area contributed by atoms with Crippen molar-refractivity contribution in [2.24, 2.45) is 0 Å². The van der Waals surface area contributed by atoms with Crippen molar-refractivity contribution < 1.29 is 24.5 Å². The van der Waals surface area contributed by atoms with Crippen molar-refractivity contribution in [3.8, 4) is 0 Å². The predicted molar refractivity (Wildman–Crippen MR) is 94.9 cm³/mol. The zero-order chi connectivity index (χ0) is 18.2. The Kier molecular flexibility index (Phi) is 14.7. The quantitative estimate of drug-likeness (QED) is 0.319. The van der Waals surface area contributed by atoms with Crippen LogP contribution in [0.1, 0.15) is 97.3 Å². The summed E-state index contributed by atoms with van der Waals surface area (Å²) in [5.41, 5.74) is 0. The number of carboxylic acid groups (broad SMARTS) is 1. The van der Waals surface area contributed by atoms with Gasteiger partial charge >= 0.3 is 11.9 Å². The number of esters is 1. The molecule has 0 spiro atoms. The lowest BCUT2D eigenvalue weighted by atomic mass is 10.0. The molecule has 0 radical (unpaired) electrons. The van der Waals surface area contributed by atoms with Crippen molar-refractivity contribution in [3.63, 3.8) is 0 Å². The zero-order valence-electron chi connectivity index (χ0n) is 15.5. The molecule has 0 saturated carbocycles. The van der Waals surface area contributed by atoms with E-state index in [1.54, 1.807) is 0 Å². The smallest absolute Gasteiger partial charge is 0.308 e. The zero-order valence-corrected chi connectivity index (χ0v) is 15.5. The maximum atomic E-state index is 11.9. The number of rotatable bonds is 16. The molecule has 0 aliphatic carbocycles. The summed E-state index contributed by atoms with van der Waals surface area (Å²) < 4.78 is 5.29. The number of aliphatic carboxylic acids is 1. The SMILES string of the molecule is CCCCCCCCC(CC(=O)O)OC(=O)CC(O)CCCCC. The highest BCUT2D eigenvalue weighted by Gasteiger charge is 2.20. The Morgan fingerprint density at radius 2 is 1.38 bits per heavy atom. The minimum absolute atomic E-state index is 0.0453. The van der Waals surface area contributed by atoms with Crippen molar-refractivity contribution >= 4 is 11.9 Å². The lowest BCUT2D eigenvalue weighted by Crippen LogP contribution is -2.24. The monoisotopic (exact) mass is 344 g/mol. The summed E-state index contributed by atoms with van der Waals surface area (Å²) in [4.78, 5) is 22.8. The van der Waals surface area contributed by atoms with Crippen molar-refractivity contribution in [1.82, 2.24) is 0 Å². The fourth-order valence-corrected chi connectivity index (χ4v) is 2.71. The van der Waals surface area contributed by atoms with Gasteiger partial charge in [-0.1, -0.05) is 65.2 Å². The summed E-state index contributed by atoms with van der Waals surface area (Å²) in [5, 5.41) is 18.8. The van der Waals surface area contributed by atoms with Crippen LogP contribution in [0.4, 0.5) is 0 Å². The predicted octanol–water partition coefficient (Wildman–Crippen LogP) is 4.45. The van der Waals surface area contributed by atoms with E-state index in [0.29, 0.717) is 12.8 Å². The minimum Gasteiger partial charge on any atom is -0.481 e. The van der Waals surface area contributed by atoms with E-state index in [1.165, 1.54) is 19.3 Å². The van der Waals surface area contributed by atoms with Crippen molar-refractivity contribution in [3.05, 3.63) is 0 Å². The van der Waals surface area contributed by atoms with Crippen LogP contribution in [-0.2, 0) is 14.3 Å². The van der Waals surface area contributed by atoms with Gasteiger partial charge in [-0.05, 0) is 19.3 Å². The highest BCUT2D eigenvalue weighted by atomic mass is 16.5. The normalized spacial score (nSPS) is 13.5. The summed E-state index contributed by atoms with van der Waals surface area (Å²) in [5.74, 6) is -1.45. The fraction of sp³-hybridized carbons (Fsp3) is 0.895. The van der Waals surface area contributed by atoms with Crippen molar-refractivity contribution in [2.75, 3.05) is 0 Å². The molecule has 0 rings (SSSR count). The molecule has 2 unspecified atom stereocenters. The summed E-state index contributed by atoms with van der Waals surface area (Å²) >= 11 is 0. The van der Waals surface area contributed by atoms with Gasteiger partial charge in [0.15, 0.2) is 0 Å². The van der Waals surface area contributed by atoms with E-state index < -0.39 is 24.1 Å². The largest absolute Gasteiger partial charge is 0.481 e. The van der Waals surface area contributed by atoms with Crippen LogP contribution in [0.25, 0.3) is 0 Å². The maximum absolute atomic E-state index is 11.9. The second-order valence-corrected chi connectivity index (χ2v) is 6.62. The van der Waals surface area contributed by atoms with Crippen molar-refractivity contribution in [1.29, 1.82) is 0 Å². The molecule has 0 aromatic rings. The van der Waals surface area contributed by atoms with Gasteiger partial charge in [-0.2, -0.15) is 0 Å². The molecule has 0 aliphatic heterocycles. The first kappa shape index (κ1) is 22.9. The Balaban J connectivity index is 4.06. The topological polar surface area (TPSA) is 83.8 Å². The molecule has 0 bridgehead atoms. The molecule has 2 N–H and O–H groups in total. The summed E-state index contributed by atoms with van der Waals surface area (Å²) in [6, 6.07) is 0. The third-order valence-electron chi connectivity index (χ3n) is 4.12. The van der Waals surface area contributed by atoms with Gasteiger partial charge in [-0.25, -0.2) is 0 Å². The summed E-state index contributed by atoms with van der Waals surface area (Å²) in [7, 11) is 0. The number of carbonyl (C=O) groups is 2. The van der Waals surface area contributed by atoms with Crippen LogP contribution in [0, 0.1) is 0 Å². The lowest BCUT2D eigenvalue weighted by Gasteiger charge is -2.17. The fourth-order valence-electron chi connectivity index (χ4n) is 2.71. The van der Waals surface area contributed by atoms with Crippen LogP contribution in [0.15, 0.2) is 0 Å². The van der Waals surface area contributed by atoms with Gasteiger partial charge in [0.05, 0.1) is 18.9 Å². The van der Waals surface area contributed by atoms with E-state index in [0.717, 1.165) is 38.5 Å². The van der Waals surface area contributed by atoms with E-state index >= 15 is 0 Å². The van der Waals surface area contributed by atoms with Crippen LogP contribution in [0.2, 0.25) is 0 Å². The molecule has 142 valence electrons. The molecular weight excluding hydrogens is 308 g/mol. The second kappa shape index (κ2) is 15.4. The van der Waals surface area contributed by atoms with E-state index in [9.17, 15) is 14.7 Å². The van der Waals surface area contributed by atoms with Crippen molar-refractivity contribution in [2.45, 2.75) is 110 Å². The molecule has 24 heavy (non-hydrogen) atoms.